The van der Waals surface area contributed by atoms with Gasteiger partial charge in [-0.25, -0.2) is 4.79 Å². The number of fused-ring (bicyclic) bond motifs is 1. The molecule has 0 fully saturated rings. The van der Waals surface area contributed by atoms with Crippen LogP contribution in [0.15, 0.2) is 36.7 Å². The summed E-state index contributed by atoms with van der Waals surface area (Å²) in [5.74, 6) is -0.352. The van der Waals surface area contributed by atoms with Gasteiger partial charge in [0.05, 0.1) is 6.61 Å². The minimum Gasteiger partial charge on any atom is -0.463 e. The molecule has 0 unspecified atom stereocenters. The van der Waals surface area contributed by atoms with E-state index in [2.05, 4.69) is 4.98 Å². The molecule has 0 spiro atoms. The van der Waals surface area contributed by atoms with Gasteiger partial charge in [0.1, 0.15) is 0 Å². The van der Waals surface area contributed by atoms with Crippen LogP contribution in [0.5, 0.6) is 0 Å². The molecule has 2 aromatic rings. The largest absolute Gasteiger partial charge is 0.463 e. The van der Waals surface area contributed by atoms with E-state index in [9.17, 15) is 4.79 Å². The van der Waals surface area contributed by atoms with Crippen molar-refractivity contribution in [1.82, 2.24) is 4.98 Å². The summed E-state index contributed by atoms with van der Waals surface area (Å²) in [5, 5.41) is 2.47. The Kier molecular flexibility index (Phi) is 3.95. The highest BCUT2D eigenvalue weighted by Crippen LogP contribution is 2.26. The fraction of sp³-hybridized carbons (Fsp3) is 0.143. The molecular formula is C14H12ClNO2. The Bertz CT molecular complexity index is 608. The second-order valence-corrected chi connectivity index (χ2v) is 4.05. The van der Waals surface area contributed by atoms with Gasteiger partial charge in [-0.2, -0.15) is 0 Å². The first-order valence-electron chi connectivity index (χ1n) is 5.59. The molecule has 0 amide bonds. The van der Waals surface area contributed by atoms with Crippen molar-refractivity contribution in [2.24, 2.45) is 0 Å². The van der Waals surface area contributed by atoms with Crippen LogP contribution in [0.1, 0.15) is 12.5 Å². The molecule has 18 heavy (non-hydrogen) atoms. The summed E-state index contributed by atoms with van der Waals surface area (Å²) in [5.41, 5.74) is 0.907. The number of carbonyl (C=O) groups excluding carboxylic acids is 1. The molecule has 0 aliphatic rings. The van der Waals surface area contributed by atoms with Crippen molar-refractivity contribution in [3.63, 3.8) is 0 Å². The highest BCUT2D eigenvalue weighted by molar-refractivity contribution is 6.35. The van der Waals surface area contributed by atoms with Crippen molar-refractivity contribution in [3.05, 3.63) is 47.3 Å². The van der Waals surface area contributed by atoms with Crippen LogP contribution in [0.4, 0.5) is 0 Å². The van der Waals surface area contributed by atoms with E-state index in [0.717, 1.165) is 16.3 Å². The van der Waals surface area contributed by atoms with E-state index in [4.69, 9.17) is 16.3 Å². The fourth-order valence-corrected chi connectivity index (χ4v) is 1.89. The Balaban J connectivity index is 2.40. The number of nitrogens with zero attached hydrogens (tertiary/aromatic N) is 1. The van der Waals surface area contributed by atoms with E-state index in [1.54, 1.807) is 31.5 Å². The molecule has 0 aliphatic carbocycles. The van der Waals surface area contributed by atoms with Crippen LogP contribution < -0.4 is 0 Å². The molecule has 0 atom stereocenters. The number of carbonyl (C=O) groups is 1. The Morgan fingerprint density at radius 3 is 3.00 bits per heavy atom. The van der Waals surface area contributed by atoms with Crippen molar-refractivity contribution >= 4 is 34.4 Å². The van der Waals surface area contributed by atoms with Crippen LogP contribution in [0.2, 0.25) is 5.02 Å². The highest BCUT2D eigenvalue weighted by Gasteiger charge is 2.03. The van der Waals surface area contributed by atoms with Crippen LogP contribution in [-0.4, -0.2) is 17.6 Å². The average Bonchev–Trinajstić information content (AvgIpc) is 2.39. The average molecular weight is 262 g/mol. The van der Waals surface area contributed by atoms with Gasteiger partial charge in [0.15, 0.2) is 0 Å². The lowest BCUT2D eigenvalue weighted by atomic mass is 10.1. The van der Waals surface area contributed by atoms with Gasteiger partial charge in [-0.3, -0.25) is 4.98 Å². The van der Waals surface area contributed by atoms with Crippen LogP contribution in [0, 0.1) is 0 Å². The molecular weight excluding hydrogens is 250 g/mol. The molecule has 92 valence electrons. The Labute approximate surface area is 110 Å². The predicted molar refractivity (Wildman–Crippen MR) is 72.4 cm³/mol. The third kappa shape index (κ3) is 2.68. The van der Waals surface area contributed by atoms with Crippen LogP contribution in [-0.2, 0) is 9.53 Å². The molecule has 3 nitrogen and oxygen atoms in total. The molecule has 1 aromatic carbocycles. The van der Waals surface area contributed by atoms with Crippen molar-refractivity contribution in [3.8, 4) is 0 Å². The maximum Gasteiger partial charge on any atom is 0.330 e. The smallest absolute Gasteiger partial charge is 0.330 e. The molecule has 0 saturated carbocycles. The predicted octanol–water partition coefficient (Wildman–Crippen LogP) is 3.46. The normalized spacial score (nSPS) is 11.0. The number of hydrogen-bond acceptors (Lipinski definition) is 3. The first-order valence-corrected chi connectivity index (χ1v) is 5.97. The molecule has 0 bridgehead atoms. The second kappa shape index (κ2) is 5.65. The number of esters is 1. The number of hydrogen-bond donors (Lipinski definition) is 0. The highest BCUT2D eigenvalue weighted by atomic mass is 35.5. The Morgan fingerprint density at radius 1 is 1.39 bits per heavy atom. The molecule has 0 aliphatic heterocycles. The summed E-state index contributed by atoms with van der Waals surface area (Å²) in [6, 6.07) is 5.52. The lowest BCUT2D eigenvalue weighted by Crippen LogP contribution is -1.98. The SMILES string of the molecule is CCOC(=O)/C=C/c1ccc(Cl)c2cnccc12. The maximum atomic E-state index is 11.3. The van der Waals surface area contributed by atoms with Crippen molar-refractivity contribution in [2.75, 3.05) is 6.61 Å². The van der Waals surface area contributed by atoms with Crippen LogP contribution in [0.3, 0.4) is 0 Å². The number of benzene rings is 1. The molecule has 0 N–H and O–H groups in total. The minimum atomic E-state index is -0.352. The summed E-state index contributed by atoms with van der Waals surface area (Å²) >= 11 is 6.09. The third-order valence-electron chi connectivity index (χ3n) is 2.48. The number of halogens is 1. The zero-order valence-electron chi connectivity index (χ0n) is 9.89. The number of pyridine rings is 1. The summed E-state index contributed by atoms with van der Waals surface area (Å²) in [7, 11) is 0. The number of rotatable bonds is 3. The van der Waals surface area contributed by atoms with Gasteiger partial charge >= 0.3 is 5.97 Å². The Morgan fingerprint density at radius 2 is 2.22 bits per heavy atom. The van der Waals surface area contributed by atoms with Crippen molar-refractivity contribution < 1.29 is 9.53 Å². The summed E-state index contributed by atoms with van der Waals surface area (Å²) in [6.45, 7) is 2.14. The molecule has 0 radical (unpaired) electrons. The van der Waals surface area contributed by atoms with Gasteiger partial charge in [-0.1, -0.05) is 17.7 Å². The molecule has 4 heteroatoms. The number of ether oxygens (including phenoxy) is 1. The lowest BCUT2D eigenvalue weighted by Gasteiger charge is -2.03. The van der Waals surface area contributed by atoms with Crippen LogP contribution in [0.25, 0.3) is 16.8 Å². The van der Waals surface area contributed by atoms with Gasteiger partial charge in [-0.15, -0.1) is 0 Å². The minimum absolute atomic E-state index is 0.352. The standard InChI is InChI=1S/C14H12ClNO2/c1-2-18-14(17)6-4-10-3-5-13(15)12-9-16-8-7-11(10)12/h3-9H,2H2,1H3/b6-4+. The van der Waals surface area contributed by atoms with Gasteiger partial charge in [0.2, 0.25) is 0 Å². The molecule has 1 aromatic heterocycles. The summed E-state index contributed by atoms with van der Waals surface area (Å²) < 4.78 is 4.84. The first kappa shape index (κ1) is 12.6. The van der Waals surface area contributed by atoms with E-state index in [-0.39, 0.29) is 5.97 Å². The lowest BCUT2D eigenvalue weighted by molar-refractivity contribution is -0.137. The summed E-state index contributed by atoms with van der Waals surface area (Å²) in [4.78, 5) is 15.3. The first-order chi connectivity index (χ1) is 8.72. The Hall–Kier alpha value is -1.87. The molecule has 0 saturated heterocycles. The fourth-order valence-electron chi connectivity index (χ4n) is 1.67. The van der Waals surface area contributed by atoms with E-state index in [1.807, 2.05) is 12.1 Å². The van der Waals surface area contributed by atoms with E-state index in [0.29, 0.717) is 11.6 Å². The maximum absolute atomic E-state index is 11.3. The zero-order chi connectivity index (χ0) is 13.0. The number of aromatic nitrogens is 1. The van der Waals surface area contributed by atoms with Gasteiger partial charge in [0.25, 0.3) is 0 Å². The van der Waals surface area contributed by atoms with Gasteiger partial charge in [0, 0.05) is 28.9 Å². The third-order valence-corrected chi connectivity index (χ3v) is 2.81. The van der Waals surface area contributed by atoms with E-state index >= 15 is 0 Å². The topological polar surface area (TPSA) is 39.2 Å². The molecule has 2 rings (SSSR count). The molecule has 1 heterocycles. The second-order valence-electron chi connectivity index (χ2n) is 3.64. The van der Waals surface area contributed by atoms with E-state index in [1.165, 1.54) is 6.08 Å². The van der Waals surface area contributed by atoms with Crippen molar-refractivity contribution in [1.29, 1.82) is 0 Å². The summed E-state index contributed by atoms with van der Waals surface area (Å²) in [6.07, 6.45) is 6.53. The van der Waals surface area contributed by atoms with Crippen LogP contribution >= 0.6 is 11.6 Å². The van der Waals surface area contributed by atoms with Crippen molar-refractivity contribution in [2.45, 2.75) is 6.92 Å². The quantitative estimate of drug-likeness (QED) is 0.627. The van der Waals surface area contributed by atoms with E-state index < -0.39 is 0 Å². The van der Waals surface area contributed by atoms with Gasteiger partial charge < -0.3 is 4.74 Å². The zero-order valence-corrected chi connectivity index (χ0v) is 10.6. The monoisotopic (exact) mass is 261 g/mol. The van der Waals surface area contributed by atoms with Gasteiger partial charge in [-0.05, 0) is 36.1 Å².